The standard InChI is InChI=1S/C17H24F2N4O4S/c1-17(2,3)21-16(25)20-15(24)11-22-6-8-23(9-7-22)28(26,27)14-10-12(18)4-5-13(14)19/h4-5,10H,6-9,11H2,1-3H3,(H2,20,21,24,25). The normalized spacial score (nSPS) is 16.6. The fraction of sp³-hybridized carbons (Fsp3) is 0.529. The zero-order chi connectivity index (χ0) is 21.1. The van der Waals surface area contributed by atoms with Gasteiger partial charge in [0.2, 0.25) is 15.9 Å². The number of imide groups is 1. The summed E-state index contributed by atoms with van der Waals surface area (Å²) in [6, 6.07) is 1.66. The first kappa shape index (κ1) is 22.2. The summed E-state index contributed by atoms with van der Waals surface area (Å²) in [5, 5.41) is 4.81. The Balaban J connectivity index is 1.91. The highest BCUT2D eigenvalue weighted by atomic mass is 32.2. The van der Waals surface area contributed by atoms with E-state index in [0.29, 0.717) is 6.07 Å². The van der Waals surface area contributed by atoms with Gasteiger partial charge in [0.15, 0.2) is 0 Å². The van der Waals surface area contributed by atoms with Crippen LogP contribution in [0.25, 0.3) is 0 Å². The van der Waals surface area contributed by atoms with Crippen molar-refractivity contribution in [1.29, 1.82) is 0 Å². The number of hydrogen-bond donors (Lipinski definition) is 2. The third kappa shape index (κ3) is 5.94. The maximum Gasteiger partial charge on any atom is 0.321 e. The molecule has 1 aliphatic heterocycles. The van der Waals surface area contributed by atoms with Gasteiger partial charge in [0, 0.05) is 31.7 Å². The lowest BCUT2D eigenvalue weighted by molar-refractivity contribution is -0.121. The summed E-state index contributed by atoms with van der Waals surface area (Å²) in [6.07, 6.45) is 0. The van der Waals surface area contributed by atoms with Crippen molar-refractivity contribution in [3.8, 4) is 0 Å². The van der Waals surface area contributed by atoms with Gasteiger partial charge in [0.25, 0.3) is 0 Å². The molecule has 28 heavy (non-hydrogen) atoms. The maximum absolute atomic E-state index is 13.8. The highest BCUT2D eigenvalue weighted by Crippen LogP contribution is 2.21. The number of carbonyl (C=O) groups excluding carboxylic acids is 2. The Morgan fingerprint density at radius 3 is 2.29 bits per heavy atom. The first-order valence-electron chi connectivity index (χ1n) is 8.68. The summed E-state index contributed by atoms with van der Waals surface area (Å²) in [5.74, 6) is -2.38. The fourth-order valence-corrected chi connectivity index (χ4v) is 4.18. The number of halogens is 2. The minimum atomic E-state index is -4.18. The quantitative estimate of drug-likeness (QED) is 0.757. The molecule has 1 fully saturated rings. The molecular weight excluding hydrogens is 394 g/mol. The van der Waals surface area contributed by atoms with Crippen molar-refractivity contribution < 1.29 is 26.8 Å². The molecule has 0 unspecified atom stereocenters. The van der Waals surface area contributed by atoms with Gasteiger partial charge in [0.05, 0.1) is 6.54 Å². The van der Waals surface area contributed by atoms with Crippen LogP contribution in [0.4, 0.5) is 13.6 Å². The Hall–Kier alpha value is -2.11. The van der Waals surface area contributed by atoms with Crippen molar-refractivity contribution in [1.82, 2.24) is 19.8 Å². The summed E-state index contributed by atoms with van der Waals surface area (Å²) in [4.78, 5) is 24.6. The number of benzene rings is 1. The molecule has 0 radical (unpaired) electrons. The predicted octanol–water partition coefficient (Wildman–Crippen LogP) is 0.895. The van der Waals surface area contributed by atoms with Crippen LogP contribution in [0.5, 0.6) is 0 Å². The molecule has 0 bridgehead atoms. The van der Waals surface area contributed by atoms with Crippen molar-refractivity contribution in [2.24, 2.45) is 0 Å². The predicted molar refractivity (Wildman–Crippen MR) is 98.0 cm³/mol. The minimum absolute atomic E-state index is 0.0136. The molecule has 1 saturated heterocycles. The van der Waals surface area contributed by atoms with Gasteiger partial charge in [-0.1, -0.05) is 0 Å². The first-order valence-corrected chi connectivity index (χ1v) is 10.1. The van der Waals surface area contributed by atoms with Crippen LogP contribution in [-0.4, -0.2) is 67.8 Å². The molecule has 156 valence electrons. The molecule has 2 N–H and O–H groups in total. The number of rotatable bonds is 4. The van der Waals surface area contributed by atoms with Gasteiger partial charge in [-0.15, -0.1) is 0 Å². The maximum atomic E-state index is 13.8. The van der Waals surface area contributed by atoms with E-state index < -0.39 is 44.0 Å². The molecule has 1 aromatic carbocycles. The van der Waals surface area contributed by atoms with E-state index in [9.17, 15) is 26.8 Å². The van der Waals surface area contributed by atoms with Crippen molar-refractivity contribution in [3.05, 3.63) is 29.8 Å². The minimum Gasteiger partial charge on any atom is -0.333 e. The summed E-state index contributed by atoms with van der Waals surface area (Å²) in [7, 11) is -4.18. The average molecular weight is 418 g/mol. The molecule has 0 saturated carbocycles. The fourth-order valence-electron chi connectivity index (χ4n) is 2.68. The van der Waals surface area contributed by atoms with Crippen LogP contribution in [0.3, 0.4) is 0 Å². The first-order chi connectivity index (χ1) is 12.9. The molecule has 2 rings (SSSR count). The Bertz CT molecular complexity index is 847. The highest BCUT2D eigenvalue weighted by Gasteiger charge is 2.31. The van der Waals surface area contributed by atoms with Gasteiger partial charge in [0.1, 0.15) is 16.5 Å². The zero-order valence-corrected chi connectivity index (χ0v) is 16.8. The Morgan fingerprint density at radius 1 is 1.11 bits per heavy atom. The molecule has 0 atom stereocenters. The van der Waals surface area contributed by atoms with E-state index in [1.807, 2.05) is 0 Å². The second-order valence-corrected chi connectivity index (χ2v) is 9.41. The lowest BCUT2D eigenvalue weighted by Crippen LogP contribution is -2.53. The molecule has 0 aliphatic carbocycles. The molecule has 1 heterocycles. The van der Waals surface area contributed by atoms with Gasteiger partial charge in [-0.2, -0.15) is 4.31 Å². The van der Waals surface area contributed by atoms with Crippen LogP contribution in [-0.2, 0) is 14.8 Å². The van der Waals surface area contributed by atoms with Gasteiger partial charge >= 0.3 is 6.03 Å². The van der Waals surface area contributed by atoms with Gasteiger partial charge in [-0.3, -0.25) is 15.0 Å². The number of piperazine rings is 1. The molecule has 3 amide bonds. The Kier molecular flexibility index (Phi) is 6.73. The Morgan fingerprint density at radius 2 is 1.71 bits per heavy atom. The third-order valence-electron chi connectivity index (χ3n) is 3.95. The molecule has 8 nitrogen and oxygen atoms in total. The number of amides is 3. The molecule has 0 spiro atoms. The van der Waals surface area contributed by atoms with Crippen molar-refractivity contribution in [2.45, 2.75) is 31.2 Å². The van der Waals surface area contributed by atoms with Gasteiger partial charge < -0.3 is 5.32 Å². The smallest absolute Gasteiger partial charge is 0.321 e. The summed E-state index contributed by atoms with van der Waals surface area (Å²) >= 11 is 0. The van der Waals surface area contributed by atoms with Gasteiger partial charge in [-0.25, -0.2) is 22.0 Å². The summed E-state index contributed by atoms with van der Waals surface area (Å²) in [5.41, 5.74) is -0.490. The van der Waals surface area contributed by atoms with Crippen molar-refractivity contribution in [3.63, 3.8) is 0 Å². The lowest BCUT2D eigenvalue weighted by Gasteiger charge is -2.33. The highest BCUT2D eigenvalue weighted by molar-refractivity contribution is 7.89. The van der Waals surface area contributed by atoms with Crippen LogP contribution >= 0.6 is 0 Å². The van der Waals surface area contributed by atoms with E-state index in [1.54, 1.807) is 25.7 Å². The van der Waals surface area contributed by atoms with Crippen LogP contribution in [0, 0.1) is 11.6 Å². The second-order valence-electron chi connectivity index (χ2n) is 7.51. The van der Waals surface area contributed by atoms with E-state index in [4.69, 9.17) is 0 Å². The number of urea groups is 1. The number of nitrogens with one attached hydrogen (secondary N) is 2. The molecular formula is C17H24F2N4O4S. The monoisotopic (exact) mass is 418 g/mol. The number of nitrogens with zero attached hydrogens (tertiary/aromatic N) is 2. The Labute approximate surface area is 162 Å². The molecule has 0 aromatic heterocycles. The van der Waals surface area contributed by atoms with E-state index >= 15 is 0 Å². The number of sulfonamides is 1. The largest absolute Gasteiger partial charge is 0.333 e. The summed E-state index contributed by atoms with van der Waals surface area (Å²) < 4.78 is 53.3. The van der Waals surface area contributed by atoms with Crippen molar-refractivity contribution >= 4 is 22.0 Å². The SMILES string of the molecule is CC(C)(C)NC(=O)NC(=O)CN1CCN(S(=O)(=O)c2cc(F)ccc2F)CC1. The molecule has 1 aromatic rings. The van der Waals surface area contributed by atoms with Crippen LogP contribution in [0.15, 0.2) is 23.1 Å². The number of carbonyl (C=O) groups is 2. The van der Waals surface area contributed by atoms with E-state index in [-0.39, 0.29) is 32.7 Å². The van der Waals surface area contributed by atoms with Crippen LogP contribution in [0.2, 0.25) is 0 Å². The lowest BCUT2D eigenvalue weighted by atomic mass is 10.1. The van der Waals surface area contributed by atoms with E-state index in [1.165, 1.54) is 0 Å². The topological polar surface area (TPSA) is 98.8 Å². The molecule has 1 aliphatic rings. The second kappa shape index (κ2) is 8.50. The number of hydrogen-bond acceptors (Lipinski definition) is 5. The third-order valence-corrected chi connectivity index (χ3v) is 5.86. The zero-order valence-electron chi connectivity index (χ0n) is 16.0. The van der Waals surface area contributed by atoms with Gasteiger partial charge in [-0.05, 0) is 39.0 Å². The van der Waals surface area contributed by atoms with Crippen LogP contribution < -0.4 is 10.6 Å². The molecule has 11 heteroatoms. The van der Waals surface area contributed by atoms with Crippen molar-refractivity contribution in [2.75, 3.05) is 32.7 Å². The van der Waals surface area contributed by atoms with Crippen LogP contribution in [0.1, 0.15) is 20.8 Å². The summed E-state index contributed by atoms with van der Waals surface area (Å²) in [6.45, 7) is 5.70. The van der Waals surface area contributed by atoms with E-state index in [0.717, 1.165) is 16.4 Å². The average Bonchev–Trinajstić information content (AvgIpc) is 2.55. The van der Waals surface area contributed by atoms with E-state index in [2.05, 4.69) is 10.6 Å².